The summed E-state index contributed by atoms with van der Waals surface area (Å²) in [7, 11) is 4.00. The summed E-state index contributed by atoms with van der Waals surface area (Å²) < 4.78 is 0. The highest BCUT2D eigenvalue weighted by atomic mass is 32.1. The number of nitrogens with one attached hydrogen (secondary N) is 2. The molecule has 7 nitrogen and oxygen atoms in total. The zero-order chi connectivity index (χ0) is 21.7. The van der Waals surface area contributed by atoms with E-state index in [1.165, 1.54) is 4.88 Å². The van der Waals surface area contributed by atoms with Crippen LogP contribution in [0.4, 0.5) is 5.69 Å². The molecule has 0 spiro atoms. The smallest absolute Gasteiger partial charge is 0.159 e. The van der Waals surface area contributed by atoms with E-state index in [0.717, 1.165) is 56.0 Å². The van der Waals surface area contributed by atoms with Gasteiger partial charge >= 0.3 is 0 Å². The summed E-state index contributed by atoms with van der Waals surface area (Å²) in [5.41, 5.74) is 7.52. The Morgan fingerprint density at radius 3 is 2.72 bits per heavy atom. The molecule has 0 fully saturated rings. The molecule has 5 aromatic heterocycles. The van der Waals surface area contributed by atoms with Gasteiger partial charge in [-0.3, -0.25) is 10.1 Å². The van der Waals surface area contributed by atoms with E-state index in [-0.39, 0.29) is 0 Å². The fourth-order valence-electron chi connectivity index (χ4n) is 3.85. The molecule has 5 heterocycles. The van der Waals surface area contributed by atoms with Gasteiger partial charge in [0.15, 0.2) is 11.5 Å². The van der Waals surface area contributed by atoms with Gasteiger partial charge in [-0.25, -0.2) is 9.97 Å². The second-order valence-electron chi connectivity index (χ2n) is 7.78. The molecule has 0 bridgehead atoms. The number of fused-ring (bicyclic) bond motifs is 2. The van der Waals surface area contributed by atoms with Crippen molar-refractivity contribution in [1.82, 2.24) is 30.1 Å². The number of hydrogen-bond donors (Lipinski definition) is 2. The van der Waals surface area contributed by atoms with E-state index in [0.29, 0.717) is 0 Å². The third-order valence-electron chi connectivity index (χ3n) is 5.51. The summed E-state index contributed by atoms with van der Waals surface area (Å²) >= 11 is 1.71. The maximum atomic E-state index is 4.92. The first-order valence-electron chi connectivity index (χ1n) is 10.2. The lowest BCUT2D eigenvalue weighted by molar-refractivity contribution is 1.09. The molecule has 0 unspecified atom stereocenters. The van der Waals surface area contributed by atoms with Gasteiger partial charge in [-0.15, -0.1) is 11.3 Å². The van der Waals surface area contributed by atoms with Crippen molar-refractivity contribution in [3.8, 4) is 33.1 Å². The zero-order valence-corrected chi connectivity index (χ0v) is 18.3. The number of H-pyrrole nitrogens is 2. The van der Waals surface area contributed by atoms with Gasteiger partial charge in [0.05, 0.1) is 28.3 Å². The zero-order valence-electron chi connectivity index (χ0n) is 17.5. The number of para-hydroxylation sites is 1. The van der Waals surface area contributed by atoms with Crippen LogP contribution in [-0.2, 0) is 0 Å². The number of nitrogens with zero attached hydrogens (tertiary/aromatic N) is 5. The molecule has 0 atom stereocenters. The maximum absolute atomic E-state index is 4.92. The topological polar surface area (TPSA) is 86.4 Å². The van der Waals surface area contributed by atoms with Gasteiger partial charge in [-0.2, -0.15) is 5.10 Å². The molecular formula is C24H19N7S. The minimum atomic E-state index is 0.717. The average molecular weight is 438 g/mol. The van der Waals surface area contributed by atoms with E-state index in [1.807, 2.05) is 49.7 Å². The lowest BCUT2D eigenvalue weighted by Crippen LogP contribution is -2.08. The van der Waals surface area contributed by atoms with E-state index in [1.54, 1.807) is 11.3 Å². The van der Waals surface area contributed by atoms with E-state index < -0.39 is 0 Å². The van der Waals surface area contributed by atoms with Crippen LogP contribution in [0.5, 0.6) is 0 Å². The largest absolute Gasteiger partial charge is 0.376 e. The van der Waals surface area contributed by atoms with Crippen LogP contribution in [0.1, 0.15) is 0 Å². The Morgan fingerprint density at radius 2 is 1.88 bits per heavy atom. The molecule has 0 amide bonds. The van der Waals surface area contributed by atoms with Gasteiger partial charge in [0, 0.05) is 48.1 Å². The van der Waals surface area contributed by atoms with E-state index in [2.05, 4.69) is 60.9 Å². The predicted octanol–water partition coefficient (Wildman–Crippen LogP) is 5.36. The van der Waals surface area contributed by atoms with Crippen molar-refractivity contribution in [2.75, 3.05) is 19.0 Å². The monoisotopic (exact) mass is 437 g/mol. The van der Waals surface area contributed by atoms with Crippen LogP contribution in [-0.4, -0.2) is 44.2 Å². The lowest BCUT2D eigenvalue weighted by Gasteiger charge is -2.12. The fraction of sp³-hybridized carbons (Fsp3) is 0.0833. The van der Waals surface area contributed by atoms with Crippen molar-refractivity contribution < 1.29 is 0 Å². The van der Waals surface area contributed by atoms with Crippen molar-refractivity contribution >= 4 is 39.1 Å². The Morgan fingerprint density at radius 1 is 0.969 bits per heavy atom. The van der Waals surface area contributed by atoms with Gasteiger partial charge in [0.2, 0.25) is 0 Å². The number of imidazole rings is 1. The van der Waals surface area contributed by atoms with Crippen molar-refractivity contribution in [2.24, 2.45) is 0 Å². The summed E-state index contributed by atoms with van der Waals surface area (Å²) in [6, 6.07) is 14.6. The van der Waals surface area contributed by atoms with E-state index in [9.17, 15) is 0 Å². The number of thiophene rings is 1. The first-order valence-corrected chi connectivity index (χ1v) is 11.1. The van der Waals surface area contributed by atoms with Crippen molar-refractivity contribution in [2.45, 2.75) is 0 Å². The third kappa shape index (κ3) is 3.04. The van der Waals surface area contributed by atoms with E-state index in [4.69, 9.17) is 4.98 Å². The second kappa shape index (κ2) is 7.28. The number of hydrogen-bond acceptors (Lipinski definition) is 6. The molecule has 0 saturated carbocycles. The van der Waals surface area contributed by atoms with Crippen LogP contribution in [0.25, 0.3) is 55.2 Å². The molecule has 8 heteroatoms. The minimum absolute atomic E-state index is 0.717. The summed E-state index contributed by atoms with van der Waals surface area (Å²) in [5, 5.41) is 10.6. The third-order valence-corrected chi connectivity index (χ3v) is 6.42. The predicted molar refractivity (Wildman–Crippen MR) is 130 cm³/mol. The number of pyridine rings is 2. The second-order valence-corrected chi connectivity index (χ2v) is 8.73. The van der Waals surface area contributed by atoms with Crippen LogP contribution in [0.3, 0.4) is 0 Å². The quantitative estimate of drug-likeness (QED) is 0.388. The summed E-state index contributed by atoms with van der Waals surface area (Å²) in [6.07, 6.45) is 5.54. The van der Waals surface area contributed by atoms with Crippen LogP contribution in [0, 0.1) is 0 Å². The minimum Gasteiger partial charge on any atom is -0.376 e. The van der Waals surface area contributed by atoms with Gasteiger partial charge in [-0.05, 0) is 29.6 Å². The molecule has 32 heavy (non-hydrogen) atoms. The van der Waals surface area contributed by atoms with Crippen LogP contribution in [0.15, 0.2) is 66.4 Å². The molecule has 0 aliphatic carbocycles. The maximum Gasteiger partial charge on any atom is 0.159 e. The Hall–Kier alpha value is -4.04. The molecule has 6 rings (SSSR count). The van der Waals surface area contributed by atoms with Gasteiger partial charge in [-0.1, -0.05) is 18.2 Å². The van der Waals surface area contributed by atoms with Gasteiger partial charge < -0.3 is 9.88 Å². The summed E-state index contributed by atoms with van der Waals surface area (Å²) in [5.74, 6) is 0.717. The van der Waals surface area contributed by atoms with E-state index >= 15 is 0 Å². The van der Waals surface area contributed by atoms with Crippen molar-refractivity contribution in [3.05, 3.63) is 66.4 Å². The Labute approximate surface area is 187 Å². The number of anilines is 1. The highest BCUT2D eigenvalue weighted by Gasteiger charge is 2.16. The van der Waals surface area contributed by atoms with Crippen molar-refractivity contribution in [1.29, 1.82) is 0 Å². The average Bonchev–Trinajstić information content (AvgIpc) is 3.57. The molecule has 1 aromatic carbocycles. The van der Waals surface area contributed by atoms with Crippen LogP contribution >= 0.6 is 11.3 Å². The molecule has 0 aliphatic heterocycles. The Balaban J connectivity index is 1.49. The first-order chi connectivity index (χ1) is 15.7. The SMILES string of the molecule is CN(C)c1cncc(-c2cnc3[nH]nc(-c4nc5c(-c6cccs6)cccc5[nH]4)c3c2)c1. The van der Waals surface area contributed by atoms with Crippen LogP contribution < -0.4 is 4.90 Å². The van der Waals surface area contributed by atoms with Gasteiger partial charge in [0.25, 0.3) is 0 Å². The molecule has 2 N–H and O–H groups in total. The molecule has 0 aliphatic rings. The highest BCUT2D eigenvalue weighted by molar-refractivity contribution is 7.13. The summed E-state index contributed by atoms with van der Waals surface area (Å²) in [4.78, 5) is 20.6. The van der Waals surface area contributed by atoms with Crippen molar-refractivity contribution in [3.63, 3.8) is 0 Å². The molecule has 0 saturated heterocycles. The molecule has 6 aromatic rings. The molecular weight excluding hydrogens is 418 g/mol. The number of benzene rings is 1. The Kier molecular flexibility index (Phi) is 4.26. The number of aromatic amines is 2. The standard InChI is InChI=1S/C24H19N7S/c1-31(2)16-9-14(11-25-13-16)15-10-18-22(29-30-23(18)26-12-15)24-27-19-6-3-5-17(21(19)28-24)20-7-4-8-32-20/h3-13H,1-2H3,(H,27,28)(H,26,29,30). The lowest BCUT2D eigenvalue weighted by atomic mass is 10.1. The highest BCUT2D eigenvalue weighted by Crippen LogP contribution is 2.34. The fourth-order valence-corrected chi connectivity index (χ4v) is 4.60. The normalized spacial score (nSPS) is 11.4. The first kappa shape index (κ1) is 18.7. The Bertz CT molecular complexity index is 1560. The molecule has 0 radical (unpaired) electrons. The van der Waals surface area contributed by atoms with Crippen LogP contribution in [0.2, 0.25) is 0 Å². The summed E-state index contributed by atoms with van der Waals surface area (Å²) in [6.45, 7) is 0. The number of rotatable bonds is 4. The number of aromatic nitrogens is 6. The molecule has 156 valence electrons. The van der Waals surface area contributed by atoms with Gasteiger partial charge in [0.1, 0.15) is 5.69 Å².